The molecule has 0 aliphatic carbocycles. The van der Waals surface area contributed by atoms with E-state index in [1.165, 1.54) is 22.7 Å². The van der Waals surface area contributed by atoms with E-state index in [2.05, 4.69) is 15.3 Å². The standard InChI is InChI=1S/C29H25N5O5S2/c1-33(13-15-38-19-7-3-2-4-8-19)26-24(27(35)36)31-25(41-26)18-11-12-22-21(17-18)34(14-16-39-22)29(37)32-28-30-20-9-5-6-10-23(20)40-28/h2-12,17H,13-16H2,1H3,(H,35,36)(H,30,32,37). The minimum absolute atomic E-state index is 0.0355. The Kier molecular flexibility index (Phi) is 7.40. The van der Waals surface area contributed by atoms with Crippen LogP contribution in [0, 0.1) is 0 Å². The summed E-state index contributed by atoms with van der Waals surface area (Å²) in [5, 5.41) is 14.3. The van der Waals surface area contributed by atoms with Crippen molar-refractivity contribution in [2.45, 2.75) is 0 Å². The van der Waals surface area contributed by atoms with Crippen molar-refractivity contribution in [3.63, 3.8) is 0 Å². The van der Waals surface area contributed by atoms with Crippen molar-refractivity contribution in [3.05, 3.63) is 78.5 Å². The first-order valence-electron chi connectivity index (χ1n) is 12.8. The number of para-hydroxylation sites is 2. The number of carboxylic acids is 1. The van der Waals surface area contributed by atoms with Crippen LogP contribution in [-0.4, -0.2) is 60.4 Å². The number of amides is 2. The first kappa shape index (κ1) is 26.5. The summed E-state index contributed by atoms with van der Waals surface area (Å²) in [6, 6.07) is 22.2. The van der Waals surface area contributed by atoms with Gasteiger partial charge in [-0.05, 0) is 42.5 Å². The van der Waals surface area contributed by atoms with Gasteiger partial charge in [-0.2, -0.15) is 0 Å². The molecule has 0 unspecified atom stereocenters. The van der Waals surface area contributed by atoms with Gasteiger partial charge >= 0.3 is 12.0 Å². The predicted molar refractivity (Wildman–Crippen MR) is 161 cm³/mol. The number of anilines is 3. The average Bonchev–Trinajstić information content (AvgIpc) is 3.62. The summed E-state index contributed by atoms with van der Waals surface area (Å²) in [5.74, 6) is 0.193. The fourth-order valence-electron chi connectivity index (χ4n) is 4.40. The Hall–Kier alpha value is -4.68. The molecule has 1 aliphatic rings. The summed E-state index contributed by atoms with van der Waals surface area (Å²) in [7, 11) is 1.81. The molecule has 0 bridgehead atoms. The summed E-state index contributed by atoms with van der Waals surface area (Å²) < 4.78 is 12.6. The van der Waals surface area contributed by atoms with E-state index in [9.17, 15) is 14.7 Å². The third-order valence-corrected chi connectivity index (χ3v) is 8.59. The molecule has 1 aliphatic heterocycles. The second-order valence-electron chi connectivity index (χ2n) is 9.16. The lowest BCUT2D eigenvalue weighted by molar-refractivity contribution is 0.0692. The number of hydrogen-bond acceptors (Lipinski definition) is 9. The molecule has 0 fully saturated rings. The Balaban J connectivity index is 1.22. The van der Waals surface area contributed by atoms with E-state index in [-0.39, 0.29) is 11.7 Å². The highest BCUT2D eigenvalue weighted by molar-refractivity contribution is 7.22. The number of ether oxygens (including phenoxy) is 2. The number of nitrogens with zero attached hydrogens (tertiary/aromatic N) is 4. The third kappa shape index (κ3) is 5.65. The van der Waals surface area contributed by atoms with Gasteiger partial charge in [0.05, 0.1) is 29.0 Å². The van der Waals surface area contributed by atoms with Crippen LogP contribution in [0.25, 0.3) is 20.8 Å². The van der Waals surface area contributed by atoms with E-state index in [4.69, 9.17) is 9.47 Å². The lowest BCUT2D eigenvalue weighted by Crippen LogP contribution is -2.40. The average molecular weight is 588 g/mol. The lowest BCUT2D eigenvalue weighted by Gasteiger charge is -2.29. The SMILES string of the molecule is CN(CCOc1ccccc1)c1sc(-c2ccc3c(c2)N(C(=O)Nc2nc4ccccc4s2)CCO3)nc1C(=O)O. The molecule has 2 aromatic heterocycles. The maximum atomic E-state index is 13.3. The third-order valence-electron chi connectivity index (χ3n) is 6.42. The number of hydrogen-bond donors (Lipinski definition) is 2. The first-order valence-corrected chi connectivity index (χ1v) is 14.4. The van der Waals surface area contributed by atoms with Crippen molar-refractivity contribution in [2.24, 2.45) is 0 Å². The zero-order valence-corrected chi connectivity index (χ0v) is 23.6. The molecule has 10 nitrogen and oxygen atoms in total. The Morgan fingerprint density at radius 3 is 2.68 bits per heavy atom. The fourth-order valence-corrected chi connectivity index (χ4v) is 6.30. The molecule has 0 spiro atoms. The number of urea groups is 1. The number of likely N-dealkylation sites (N-methyl/N-ethyl adjacent to an activating group) is 1. The number of thiazole rings is 2. The molecule has 3 heterocycles. The monoisotopic (exact) mass is 587 g/mol. The summed E-state index contributed by atoms with van der Waals surface area (Å²) in [6.07, 6.45) is 0. The highest BCUT2D eigenvalue weighted by Crippen LogP contribution is 2.40. The van der Waals surface area contributed by atoms with Crippen LogP contribution in [-0.2, 0) is 0 Å². The van der Waals surface area contributed by atoms with E-state index >= 15 is 0 Å². The van der Waals surface area contributed by atoms with Gasteiger partial charge in [0.1, 0.15) is 34.7 Å². The quantitative estimate of drug-likeness (QED) is 0.225. The minimum Gasteiger partial charge on any atom is -0.492 e. The predicted octanol–water partition coefficient (Wildman–Crippen LogP) is 6.06. The van der Waals surface area contributed by atoms with Crippen LogP contribution >= 0.6 is 22.7 Å². The molecule has 41 heavy (non-hydrogen) atoms. The number of carbonyl (C=O) groups is 2. The number of carboxylic acid groups (broad SMARTS) is 1. The number of fused-ring (bicyclic) bond motifs is 2. The van der Waals surface area contributed by atoms with E-state index in [0.717, 1.165) is 16.0 Å². The smallest absolute Gasteiger partial charge is 0.357 e. The normalized spacial score (nSPS) is 12.5. The fraction of sp³-hybridized carbons (Fsp3) is 0.172. The van der Waals surface area contributed by atoms with Crippen LogP contribution < -0.4 is 24.6 Å². The van der Waals surface area contributed by atoms with Gasteiger partial charge in [0.15, 0.2) is 10.8 Å². The van der Waals surface area contributed by atoms with Crippen molar-refractivity contribution >= 4 is 60.7 Å². The molecular formula is C29H25N5O5S2. The highest BCUT2D eigenvalue weighted by Gasteiger charge is 2.27. The Labute approximate surface area is 243 Å². The topological polar surface area (TPSA) is 117 Å². The molecular weight excluding hydrogens is 562 g/mol. The van der Waals surface area contributed by atoms with Crippen molar-refractivity contribution in [1.29, 1.82) is 0 Å². The maximum absolute atomic E-state index is 13.3. The van der Waals surface area contributed by atoms with E-state index in [1.807, 2.05) is 72.6 Å². The van der Waals surface area contributed by atoms with Gasteiger partial charge in [-0.25, -0.2) is 19.6 Å². The Bertz CT molecular complexity index is 1690. The minimum atomic E-state index is -1.11. The van der Waals surface area contributed by atoms with E-state index < -0.39 is 5.97 Å². The number of aromatic nitrogens is 2. The number of aromatic carboxylic acids is 1. The molecule has 0 atom stereocenters. The summed E-state index contributed by atoms with van der Waals surface area (Å²) >= 11 is 2.68. The zero-order valence-electron chi connectivity index (χ0n) is 21.9. The Morgan fingerprint density at radius 1 is 1.07 bits per heavy atom. The van der Waals surface area contributed by atoms with E-state index in [0.29, 0.717) is 58.4 Å². The van der Waals surface area contributed by atoms with Gasteiger partial charge in [-0.1, -0.05) is 53.0 Å². The number of rotatable bonds is 8. The van der Waals surface area contributed by atoms with Crippen LogP contribution in [0.5, 0.6) is 11.5 Å². The van der Waals surface area contributed by atoms with Gasteiger partial charge in [-0.15, -0.1) is 0 Å². The zero-order chi connectivity index (χ0) is 28.3. The summed E-state index contributed by atoms with van der Waals surface area (Å²) in [5.41, 5.74) is 2.04. The van der Waals surface area contributed by atoms with Crippen molar-refractivity contribution in [1.82, 2.24) is 9.97 Å². The first-order chi connectivity index (χ1) is 20.0. The van der Waals surface area contributed by atoms with Crippen LogP contribution in [0.1, 0.15) is 10.5 Å². The molecule has 2 amide bonds. The number of carbonyl (C=O) groups excluding carboxylic acids is 1. The van der Waals surface area contributed by atoms with Gasteiger partial charge in [0.25, 0.3) is 0 Å². The maximum Gasteiger partial charge on any atom is 0.357 e. The summed E-state index contributed by atoms with van der Waals surface area (Å²) in [6.45, 7) is 1.54. The molecule has 5 aromatic rings. The van der Waals surface area contributed by atoms with Gasteiger partial charge in [0.2, 0.25) is 0 Å². The van der Waals surface area contributed by atoms with Crippen LogP contribution in [0.15, 0.2) is 72.8 Å². The molecule has 12 heteroatoms. The highest BCUT2D eigenvalue weighted by atomic mass is 32.1. The van der Waals surface area contributed by atoms with Crippen LogP contribution in [0.2, 0.25) is 0 Å². The summed E-state index contributed by atoms with van der Waals surface area (Å²) in [4.78, 5) is 37.8. The van der Waals surface area contributed by atoms with E-state index in [1.54, 1.807) is 17.0 Å². The molecule has 6 rings (SSSR count). The molecule has 0 saturated carbocycles. The van der Waals surface area contributed by atoms with Gasteiger partial charge in [0, 0.05) is 12.6 Å². The van der Waals surface area contributed by atoms with Crippen molar-refractivity contribution in [2.75, 3.05) is 48.5 Å². The lowest BCUT2D eigenvalue weighted by atomic mass is 10.1. The van der Waals surface area contributed by atoms with Crippen molar-refractivity contribution < 1.29 is 24.2 Å². The molecule has 3 aromatic carbocycles. The Morgan fingerprint density at radius 2 is 1.88 bits per heavy atom. The molecule has 0 saturated heterocycles. The van der Waals surface area contributed by atoms with Crippen LogP contribution in [0.3, 0.4) is 0 Å². The second kappa shape index (κ2) is 11.4. The molecule has 2 N–H and O–H groups in total. The van der Waals surface area contributed by atoms with Gasteiger partial charge in [-0.3, -0.25) is 10.2 Å². The largest absolute Gasteiger partial charge is 0.492 e. The van der Waals surface area contributed by atoms with Gasteiger partial charge < -0.3 is 19.5 Å². The number of nitrogens with one attached hydrogen (secondary N) is 1. The molecule has 0 radical (unpaired) electrons. The number of benzene rings is 3. The van der Waals surface area contributed by atoms with Crippen molar-refractivity contribution in [3.8, 4) is 22.1 Å². The molecule has 208 valence electrons. The van der Waals surface area contributed by atoms with Crippen LogP contribution in [0.4, 0.5) is 20.6 Å². The second-order valence-corrected chi connectivity index (χ2v) is 11.2.